The molecule has 0 saturated heterocycles. The predicted molar refractivity (Wildman–Crippen MR) is 106 cm³/mol. The molecule has 0 fully saturated rings. The number of rotatable bonds is 5. The molecule has 0 aliphatic carbocycles. The molecule has 1 N–H and O–H groups in total. The van der Waals surface area contributed by atoms with E-state index in [2.05, 4.69) is 15.5 Å². The third kappa shape index (κ3) is 4.32. The fourth-order valence-electron chi connectivity index (χ4n) is 3.07. The van der Waals surface area contributed by atoms with E-state index in [9.17, 15) is 18.0 Å². The summed E-state index contributed by atoms with van der Waals surface area (Å²) in [5.74, 6) is -0.0776. The quantitative estimate of drug-likeness (QED) is 0.472. The van der Waals surface area contributed by atoms with Crippen molar-refractivity contribution in [1.82, 2.24) is 10.2 Å². The van der Waals surface area contributed by atoms with Gasteiger partial charge in [0.1, 0.15) is 0 Å². The van der Waals surface area contributed by atoms with Gasteiger partial charge in [0.15, 0.2) is 0 Å². The molecular weight excluding hydrogens is 395 g/mol. The maximum atomic E-state index is 12.9. The molecule has 8 heteroatoms. The van der Waals surface area contributed by atoms with E-state index in [0.717, 1.165) is 22.9 Å². The van der Waals surface area contributed by atoms with Crippen LogP contribution < -0.4 is 5.32 Å². The van der Waals surface area contributed by atoms with Gasteiger partial charge in [-0.2, -0.15) is 13.2 Å². The monoisotopic (exact) mass is 411 g/mol. The van der Waals surface area contributed by atoms with Crippen molar-refractivity contribution in [3.63, 3.8) is 0 Å². The molecule has 152 valence electrons. The second kappa shape index (κ2) is 7.98. The van der Waals surface area contributed by atoms with Crippen molar-refractivity contribution in [3.05, 3.63) is 78.2 Å². The number of hydrogen-bond donors (Lipinski definition) is 1. The van der Waals surface area contributed by atoms with Crippen molar-refractivity contribution in [2.24, 2.45) is 0 Å². The van der Waals surface area contributed by atoms with Crippen molar-refractivity contribution in [3.8, 4) is 11.5 Å². The molecule has 5 nitrogen and oxygen atoms in total. The molecule has 0 spiro atoms. The highest BCUT2D eigenvalue weighted by atomic mass is 19.4. The number of benzene rings is 3. The first-order valence-electron chi connectivity index (χ1n) is 9.18. The van der Waals surface area contributed by atoms with Gasteiger partial charge in [0.25, 0.3) is 0 Å². The molecule has 0 aliphatic rings. The van der Waals surface area contributed by atoms with Crippen molar-refractivity contribution >= 4 is 22.4 Å². The van der Waals surface area contributed by atoms with E-state index in [1.165, 1.54) is 12.1 Å². The van der Waals surface area contributed by atoms with Crippen molar-refractivity contribution in [2.75, 3.05) is 5.32 Å². The van der Waals surface area contributed by atoms with Crippen LogP contribution >= 0.6 is 0 Å². The highest BCUT2D eigenvalue weighted by Crippen LogP contribution is 2.32. The number of nitrogens with one attached hydrogen (secondary N) is 1. The summed E-state index contributed by atoms with van der Waals surface area (Å²) in [7, 11) is 0. The van der Waals surface area contributed by atoms with Gasteiger partial charge in [-0.1, -0.05) is 42.5 Å². The number of aryl methyl sites for hydroxylation is 1. The maximum absolute atomic E-state index is 12.9. The molecule has 1 aromatic heterocycles. The molecule has 0 aliphatic heterocycles. The number of halogens is 3. The minimum Gasteiger partial charge on any atom is -0.421 e. The number of carbonyl (C=O) groups excluding carboxylic acids is 1. The molecule has 1 amide bonds. The summed E-state index contributed by atoms with van der Waals surface area (Å²) in [6, 6.07) is 18.0. The summed E-state index contributed by atoms with van der Waals surface area (Å²) < 4.78 is 44.0. The van der Waals surface area contributed by atoms with Gasteiger partial charge in [0, 0.05) is 29.5 Å². The van der Waals surface area contributed by atoms with Gasteiger partial charge in [0.2, 0.25) is 17.7 Å². The number of anilines is 1. The van der Waals surface area contributed by atoms with Gasteiger partial charge >= 0.3 is 6.18 Å². The number of nitrogens with zero attached hydrogens (tertiary/aromatic N) is 2. The molecule has 4 rings (SSSR count). The van der Waals surface area contributed by atoms with Gasteiger partial charge in [-0.05, 0) is 29.7 Å². The first-order valence-corrected chi connectivity index (χ1v) is 9.18. The topological polar surface area (TPSA) is 68.0 Å². The van der Waals surface area contributed by atoms with Crippen LogP contribution in [0.3, 0.4) is 0 Å². The zero-order valence-corrected chi connectivity index (χ0v) is 15.6. The lowest BCUT2D eigenvalue weighted by Crippen LogP contribution is -2.12. The zero-order valence-electron chi connectivity index (χ0n) is 15.6. The number of aromatic nitrogens is 2. The van der Waals surface area contributed by atoms with Crippen LogP contribution in [0.15, 0.2) is 71.1 Å². The lowest BCUT2D eigenvalue weighted by Gasteiger charge is -2.08. The number of alkyl halides is 3. The maximum Gasteiger partial charge on any atom is 0.416 e. The van der Waals surface area contributed by atoms with Crippen LogP contribution in [-0.4, -0.2) is 16.1 Å². The van der Waals surface area contributed by atoms with Crippen LogP contribution in [0, 0.1) is 0 Å². The van der Waals surface area contributed by atoms with Gasteiger partial charge in [-0.15, -0.1) is 10.2 Å². The smallest absolute Gasteiger partial charge is 0.416 e. The summed E-state index contributed by atoms with van der Waals surface area (Å²) in [6.45, 7) is 0. The number of carbonyl (C=O) groups is 1. The second-order valence-corrected chi connectivity index (χ2v) is 6.65. The summed E-state index contributed by atoms with van der Waals surface area (Å²) >= 11 is 0. The van der Waals surface area contributed by atoms with E-state index in [1.54, 1.807) is 0 Å². The van der Waals surface area contributed by atoms with E-state index in [0.29, 0.717) is 5.69 Å². The Morgan fingerprint density at radius 2 is 1.73 bits per heavy atom. The Hall–Kier alpha value is -3.68. The molecule has 0 saturated carbocycles. The SMILES string of the molecule is O=C(CCc1nnc(-c2cccc(C(F)(F)F)c2)o1)Nc1cccc2ccccc12. The minimum atomic E-state index is -4.46. The molecule has 0 bridgehead atoms. The van der Waals surface area contributed by atoms with Crippen LogP contribution in [-0.2, 0) is 17.4 Å². The van der Waals surface area contributed by atoms with Crippen LogP contribution in [0.1, 0.15) is 17.9 Å². The molecule has 4 aromatic rings. The Bertz CT molecular complexity index is 1200. The Kier molecular flexibility index (Phi) is 5.22. The van der Waals surface area contributed by atoms with Crippen molar-refractivity contribution in [1.29, 1.82) is 0 Å². The molecule has 30 heavy (non-hydrogen) atoms. The molecular formula is C22H16F3N3O2. The molecule has 3 aromatic carbocycles. The number of fused-ring (bicyclic) bond motifs is 1. The molecule has 0 unspecified atom stereocenters. The van der Waals surface area contributed by atoms with E-state index in [1.807, 2.05) is 42.5 Å². The van der Waals surface area contributed by atoms with E-state index < -0.39 is 11.7 Å². The molecule has 1 heterocycles. The average molecular weight is 411 g/mol. The Labute approximate surface area is 169 Å². The van der Waals surface area contributed by atoms with E-state index >= 15 is 0 Å². The summed E-state index contributed by atoms with van der Waals surface area (Å²) in [5, 5.41) is 12.4. The minimum absolute atomic E-state index is 0.0226. The lowest BCUT2D eigenvalue weighted by atomic mass is 10.1. The van der Waals surface area contributed by atoms with Crippen LogP contribution in [0.25, 0.3) is 22.2 Å². The largest absolute Gasteiger partial charge is 0.421 e. The van der Waals surface area contributed by atoms with Crippen LogP contribution in [0.5, 0.6) is 0 Å². The van der Waals surface area contributed by atoms with Gasteiger partial charge in [0.05, 0.1) is 5.56 Å². The standard InChI is InChI=1S/C22H16F3N3O2/c23-22(24,25)16-8-3-7-15(13-16)21-28-27-20(30-21)12-11-19(29)26-18-10-4-6-14-5-1-2-9-17(14)18/h1-10,13H,11-12H2,(H,26,29). The highest BCUT2D eigenvalue weighted by molar-refractivity contribution is 6.02. The van der Waals surface area contributed by atoms with Gasteiger partial charge < -0.3 is 9.73 Å². The summed E-state index contributed by atoms with van der Waals surface area (Å²) in [5.41, 5.74) is 0.0753. The first-order chi connectivity index (χ1) is 14.4. The zero-order chi connectivity index (χ0) is 21.1. The van der Waals surface area contributed by atoms with Gasteiger partial charge in [-0.25, -0.2) is 0 Å². The Morgan fingerprint density at radius 1 is 0.967 bits per heavy atom. The lowest BCUT2D eigenvalue weighted by molar-refractivity contribution is -0.137. The van der Waals surface area contributed by atoms with Crippen LogP contribution in [0.4, 0.5) is 18.9 Å². The van der Waals surface area contributed by atoms with Crippen molar-refractivity contribution in [2.45, 2.75) is 19.0 Å². The number of amides is 1. The summed E-state index contributed by atoms with van der Waals surface area (Å²) in [4.78, 5) is 12.3. The Morgan fingerprint density at radius 3 is 2.57 bits per heavy atom. The van der Waals surface area contributed by atoms with Crippen molar-refractivity contribution < 1.29 is 22.4 Å². The highest BCUT2D eigenvalue weighted by Gasteiger charge is 2.30. The average Bonchev–Trinajstić information content (AvgIpc) is 3.21. The third-order valence-electron chi connectivity index (χ3n) is 4.53. The molecule has 0 radical (unpaired) electrons. The Balaban J connectivity index is 1.42. The van der Waals surface area contributed by atoms with E-state index in [4.69, 9.17) is 4.42 Å². The van der Waals surface area contributed by atoms with E-state index in [-0.39, 0.29) is 36.1 Å². The number of hydrogen-bond acceptors (Lipinski definition) is 4. The van der Waals surface area contributed by atoms with Crippen LogP contribution in [0.2, 0.25) is 0 Å². The fourth-order valence-corrected chi connectivity index (χ4v) is 3.07. The second-order valence-electron chi connectivity index (χ2n) is 6.65. The summed E-state index contributed by atoms with van der Waals surface area (Å²) in [6.07, 6.45) is -4.20. The normalized spacial score (nSPS) is 11.6. The first kappa shape index (κ1) is 19.6. The van der Waals surface area contributed by atoms with Gasteiger partial charge in [-0.3, -0.25) is 4.79 Å². The molecule has 0 atom stereocenters. The third-order valence-corrected chi connectivity index (χ3v) is 4.53. The predicted octanol–water partition coefficient (Wildman–Crippen LogP) is 5.48. The fraction of sp³-hybridized carbons (Fsp3) is 0.136.